The van der Waals surface area contributed by atoms with Crippen molar-refractivity contribution in [2.45, 2.75) is 193 Å². The lowest BCUT2D eigenvalue weighted by Crippen LogP contribution is -2.40. The number of carbonyl (C=O) groups is 3. The molecule has 0 heterocycles. The number of carboxylic acids is 1. The molecule has 0 aromatic rings. The van der Waals surface area contributed by atoms with Gasteiger partial charge in [-0.3, -0.25) is 9.59 Å². The molecule has 0 aliphatic heterocycles. The molecule has 0 aliphatic carbocycles. The molecule has 0 saturated heterocycles. The SMILES string of the molecule is CC/C=C\C/C=C\C/C=C\C/C=C\C/C=C\C/C=C\C/C=C\C/C=C\C/C=C\CCCC(=O)OC(COC(=O)CCCCCCC/C=C\C/C=C\C/C=C\C/C=C\C/C=C\C/C=C\C/C=C\CC)COC(OCC[N+](C)(C)C)C(=O)O. The fourth-order valence-electron chi connectivity index (χ4n) is 7.23. The first-order valence-corrected chi connectivity index (χ1v) is 30.6. The van der Waals surface area contributed by atoms with Crippen molar-refractivity contribution >= 4 is 17.9 Å². The Labute approximate surface area is 493 Å². The van der Waals surface area contributed by atoms with Gasteiger partial charge in [-0.15, -0.1) is 0 Å². The predicted molar refractivity (Wildman–Crippen MR) is 345 cm³/mol. The van der Waals surface area contributed by atoms with Crippen LogP contribution < -0.4 is 0 Å². The van der Waals surface area contributed by atoms with Gasteiger partial charge in [0.25, 0.3) is 6.29 Å². The summed E-state index contributed by atoms with van der Waals surface area (Å²) in [6.07, 6.45) is 90.9. The number of ether oxygens (including phenoxy) is 4. The molecule has 0 saturated carbocycles. The number of hydrogen-bond donors (Lipinski definition) is 1. The average molecular weight is 1120 g/mol. The van der Waals surface area contributed by atoms with E-state index in [2.05, 4.69) is 208 Å². The minimum absolute atomic E-state index is 0.160. The average Bonchev–Trinajstić information content (AvgIpc) is 3.44. The number of rotatable bonds is 53. The van der Waals surface area contributed by atoms with Crippen LogP contribution in [-0.2, 0) is 33.3 Å². The summed E-state index contributed by atoms with van der Waals surface area (Å²) in [5, 5.41) is 9.72. The zero-order valence-corrected chi connectivity index (χ0v) is 51.1. The molecule has 0 spiro atoms. The van der Waals surface area contributed by atoms with Gasteiger partial charge in [-0.1, -0.05) is 228 Å². The molecule has 1 N–H and O–H groups in total. The second-order valence-corrected chi connectivity index (χ2v) is 20.5. The number of likely N-dealkylation sites (N-methyl/N-ethyl adjacent to an activating group) is 1. The predicted octanol–water partition coefficient (Wildman–Crippen LogP) is 18.7. The summed E-state index contributed by atoms with van der Waals surface area (Å²) in [5.41, 5.74) is 0. The molecular weight excluding hydrogens is 1010 g/mol. The van der Waals surface area contributed by atoms with Crippen LogP contribution >= 0.6 is 0 Å². The third-order valence-corrected chi connectivity index (χ3v) is 11.8. The molecule has 2 atom stereocenters. The lowest BCUT2D eigenvalue weighted by molar-refractivity contribution is -0.870. The van der Waals surface area contributed by atoms with Crippen LogP contribution in [0.15, 0.2) is 194 Å². The lowest BCUT2D eigenvalue weighted by atomic mass is 10.1. The zero-order chi connectivity index (χ0) is 59.1. The molecule has 81 heavy (non-hydrogen) atoms. The van der Waals surface area contributed by atoms with Crippen molar-refractivity contribution in [2.24, 2.45) is 0 Å². The molecule has 0 fully saturated rings. The second kappa shape index (κ2) is 60.2. The van der Waals surface area contributed by atoms with E-state index in [0.717, 1.165) is 135 Å². The van der Waals surface area contributed by atoms with Gasteiger partial charge >= 0.3 is 17.9 Å². The summed E-state index contributed by atoms with van der Waals surface area (Å²) in [5.74, 6) is -2.14. The first-order valence-electron chi connectivity index (χ1n) is 30.6. The Morgan fingerprint density at radius 2 is 0.679 bits per heavy atom. The molecule has 0 aromatic heterocycles. The normalized spacial score (nSPS) is 14.1. The monoisotopic (exact) mass is 1120 g/mol. The summed E-state index contributed by atoms with van der Waals surface area (Å²) in [6.45, 7) is 4.52. The van der Waals surface area contributed by atoms with Gasteiger partial charge in [0.2, 0.25) is 0 Å². The largest absolute Gasteiger partial charge is 0.477 e. The Kier molecular flexibility index (Phi) is 55.9. The number of hydrogen-bond acceptors (Lipinski definition) is 7. The summed E-state index contributed by atoms with van der Waals surface area (Å²) in [6, 6.07) is 0. The van der Waals surface area contributed by atoms with Crippen LogP contribution in [0.1, 0.15) is 181 Å². The number of esters is 2. The summed E-state index contributed by atoms with van der Waals surface area (Å²) in [4.78, 5) is 37.5. The molecule has 0 amide bonds. The van der Waals surface area contributed by atoms with Crippen LogP contribution in [0.25, 0.3) is 0 Å². The number of unbranched alkanes of at least 4 members (excludes halogenated alkanes) is 6. The van der Waals surface area contributed by atoms with Crippen molar-refractivity contribution in [1.29, 1.82) is 0 Å². The van der Waals surface area contributed by atoms with Crippen molar-refractivity contribution in [2.75, 3.05) is 47.5 Å². The fraction of sp³-hybridized carbons (Fsp3) is 0.514. The molecule has 0 bridgehead atoms. The topological polar surface area (TPSA) is 108 Å². The first kappa shape index (κ1) is 75.1. The minimum atomic E-state index is -1.55. The van der Waals surface area contributed by atoms with Gasteiger partial charge in [-0.05, 0) is 135 Å². The molecule has 2 unspecified atom stereocenters. The second-order valence-electron chi connectivity index (χ2n) is 20.5. The lowest BCUT2D eigenvalue weighted by Gasteiger charge is -2.25. The van der Waals surface area contributed by atoms with E-state index in [1.165, 1.54) is 0 Å². The summed E-state index contributed by atoms with van der Waals surface area (Å²) >= 11 is 0. The van der Waals surface area contributed by atoms with Crippen LogP contribution in [0, 0.1) is 0 Å². The van der Waals surface area contributed by atoms with Gasteiger partial charge in [0.05, 0.1) is 34.4 Å². The van der Waals surface area contributed by atoms with Gasteiger partial charge in [0.15, 0.2) is 6.10 Å². The van der Waals surface area contributed by atoms with E-state index < -0.39 is 30.3 Å². The molecule has 0 aliphatic rings. The van der Waals surface area contributed by atoms with Crippen LogP contribution in [0.5, 0.6) is 0 Å². The summed E-state index contributed by atoms with van der Waals surface area (Å²) in [7, 11) is 5.92. The Morgan fingerprint density at radius 1 is 0.370 bits per heavy atom. The molecule has 0 rings (SSSR count). The first-order chi connectivity index (χ1) is 39.6. The maximum Gasteiger partial charge on any atom is 0.361 e. The molecule has 9 nitrogen and oxygen atoms in total. The highest BCUT2D eigenvalue weighted by Gasteiger charge is 2.25. The highest BCUT2D eigenvalue weighted by molar-refractivity contribution is 5.71. The Morgan fingerprint density at radius 3 is 1.02 bits per heavy atom. The smallest absolute Gasteiger partial charge is 0.361 e. The van der Waals surface area contributed by atoms with Crippen molar-refractivity contribution in [3.05, 3.63) is 194 Å². The number of allylic oxidation sites excluding steroid dienone is 32. The summed E-state index contributed by atoms with van der Waals surface area (Å²) < 4.78 is 22.8. The van der Waals surface area contributed by atoms with Crippen LogP contribution in [0.2, 0.25) is 0 Å². The maximum absolute atomic E-state index is 12.9. The zero-order valence-electron chi connectivity index (χ0n) is 51.1. The number of aliphatic carboxylic acids is 1. The van der Waals surface area contributed by atoms with Crippen LogP contribution in [0.3, 0.4) is 0 Å². The quantitative estimate of drug-likeness (QED) is 0.0211. The maximum atomic E-state index is 12.9. The molecule has 450 valence electrons. The van der Waals surface area contributed by atoms with Crippen molar-refractivity contribution in [3.63, 3.8) is 0 Å². The highest BCUT2D eigenvalue weighted by atomic mass is 16.7. The van der Waals surface area contributed by atoms with Gasteiger partial charge in [-0.25, -0.2) is 4.79 Å². The standard InChI is InChI=1S/C72H109NO8/c1-6-8-10-12-14-16-18-20-22-24-26-28-30-32-34-35-37-39-41-43-45-47-49-51-53-55-57-59-61-63-70(75)81-68(67-80-72(71(76)77)78-65-64-73(3,4)5)66-79-69(74)62-60-58-56-54-52-50-48-46-44-42-40-38-36-33-31-29-27-25-23-21-19-17-15-13-11-9-7-2/h8-11,14-17,20-23,26-29,32-34,36-37,39-40,42-43,45-46,48-49,51,55,57,68,72H,6-7,12-13,18-19,24-25,30-31,35,38,41,44,47,50,52-54,56,58-67H2,1-5H3/p+1/b10-8-,11-9-,16-14-,17-15-,22-20-,23-21-,28-26-,29-27-,34-32-,36-33-,39-37-,42-40-,45-43-,48-46-,51-49-,57-55-. The van der Waals surface area contributed by atoms with Gasteiger partial charge in [0.1, 0.15) is 13.2 Å². The molecular formula is C72H110NO8+. The molecule has 0 radical (unpaired) electrons. The van der Waals surface area contributed by atoms with Crippen molar-refractivity contribution < 1.29 is 42.9 Å². The van der Waals surface area contributed by atoms with Gasteiger partial charge in [0, 0.05) is 12.8 Å². The van der Waals surface area contributed by atoms with Gasteiger partial charge in [-0.2, -0.15) is 0 Å². The van der Waals surface area contributed by atoms with Crippen molar-refractivity contribution in [1.82, 2.24) is 0 Å². The highest BCUT2D eigenvalue weighted by Crippen LogP contribution is 2.11. The van der Waals surface area contributed by atoms with E-state index in [1.807, 2.05) is 21.1 Å². The number of nitrogens with zero attached hydrogens (tertiary/aromatic N) is 1. The Bertz CT molecular complexity index is 2020. The minimum Gasteiger partial charge on any atom is -0.477 e. The van der Waals surface area contributed by atoms with E-state index in [1.54, 1.807) is 0 Å². The fourth-order valence-corrected chi connectivity index (χ4v) is 7.23. The third-order valence-electron chi connectivity index (χ3n) is 11.8. The van der Waals surface area contributed by atoms with E-state index >= 15 is 0 Å². The van der Waals surface area contributed by atoms with E-state index in [-0.39, 0.29) is 32.7 Å². The van der Waals surface area contributed by atoms with Crippen molar-refractivity contribution in [3.8, 4) is 0 Å². The van der Waals surface area contributed by atoms with E-state index in [4.69, 9.17) is 18.9 Å². The van der Waals surface area contributed by atoms with E-state index in [9.17, 15) is 19.5 Å². The number of quaternary nitrogens is 1. The van der Waals surface area contributed by atoms with E-state index in [0.29, 0.717) is 30.3 Å². The molecule has 0 aromatic carbocycles. The number of carboxylic acid groups (broad SMARTS) is 1. The van der Waals surface area contributed by atoms with Gasteiger partial charge < -0.3 is 28.5 Å². The van der Waals surface area contributed by atoms with Crippen LogP contribution in [-0.4, -0.2) is 87.4 Å². The Balaban J connectivity index is 4.45. The molecule has 9 heteroatoms. The Hall–Kier alpha value is -5.87. The third kappa shape index (κ3) is 61.6. The van der Waals surface area contributed by atoms with Crippen LogP contribution in [0.4, 0.5) is 0 Å². The number of carbonyl (C=O) groups excluding carboxylic acids is 2.